The maximum absolute atomic E-state index is 12.4. The Kier molecular flexibility index (Phi) is 7.48. The monoisotopic (exact) mass is 291 g/mol. The van der Waals surface area contributed by atoms with Gasteiger partial charge in [0, 0.05) is 32.7 Å². The van der Waals surface area contributed by atoms with Crippen LogP contribution in [0.25, 0.3) is 0 Å². The number of carbonyl (C=O) groups excluding carboxylic acids is 1. The van der Waals surface area contributed by atoms with Gasteiger partial charge in [-0.3, -0.25) is 4.79 Å². The molecular formula is C16H21NO4. The topological polar surface area (TPSA) is 70.0 Å². The number of hydrogen-bond donors (Lipinski definition) is 2. The average molecular weight is 291 g/mol. The minimum atomic E-state index is -0.725. The lowest BCUT2D eigenvalue weighted by Crippen LogP contribution is -2.36. The van der Waals surface area contributed by atoms with Crippen LogP contribution in [0.5, 0.6) is 0 Å². The number of hydrogen-bond acceptors (Lipinski definition) is 4. The van der Waals surface area contributed by atoms with E-state index in [2.05, 4.69) is 11.8 Å². The average Bonchev–Trinajstić information content (AvgIpc) is 2.47. The Balaban J connectivity index is 2.85. The molecule has 0 saturated heterocycles. The van der Waals surface area contributed by atoms with E-state index in [-0.39, 0.29) is 25.7 Å². The standard InChI is InChI=1S/C16H21NO4/c1-17(11-14(19)12-21-2)16(20)15-9-4-3-7-13(15)8-5-6-10-18/h3-4,7,9,14,18-19H,6,10-12H2,1-2H3. The second-order valence-electron chi connectivity index (χ2n) is 4.62. The zero-order valence-corrected chi connectivity index (χ0v) is 12.4. The Morgan fingerprint density at radius 1 is 1.43 bits per heavy atom. The van der Waals surface area contributed by atoms with E-state index < -0.39 is 6.10 Å². The lowest BCUT2D eigenvalue weighted by atomic mass is 10.1. The highest BCUT2D eigenvalue weighted by atomic mass is 16.5. The van der Waals surface area contributed by atoms with Crippen molar-refractivity contribution in [3.8, 4) is 11.8 Å². The number of methoxy groups -OCH3 is 1. The molecule has 1 amide bonds. The highest BCUT2D eigenvalue weighted by Gasteiger charge is 2.17. The molecular weight excluding hydrogens is 270 g/mol. The van der Waals surface area contributed by atoms with Crippen molar-refractivity contribution < 1.29 is 19.7 Å². The summed E-state index contributed by atoms with van der Waals surface area (Å²) < 4.78 is 4.85. The molecule has 0 saturated carbocycles. The maximum Gasteiger partial charge on any atom is 0.254 e. The molecule has 5 nitrogen and oxygen atoms in total. The summed E-state index contributed by atoms with van der Waals surface area (Å²) in [5.74, 6) is 5.48. The Hall–Kier alpha value is -1.87. The maximum atomic E-state index is 12.4. The first kappa shape index (κ1) is 17.2. The van der Waals surface area contributed by atoms with E-state index in [0.29, 0.717) is 17.5 Å². The van der Waals surface area contributed by atoms with Crippen molar-refractivity contribution in [2.24, 2.45) is 0 Å². The summed E-state index contributed by atoms with van der Waals surface area (Å²) in [6.45, 7) is 0.354. The molecule has 2 N–H and O–H groups in total. The van der Waals surface area contributed by atoms with Gasteiger partial charge in [-0.25, -0.2) is 0 Å². The number of nitrogens with zero attached hydrogens (tertiary/aromatic N) is 1. The van der Waals surface area contributed by atoms with Crippen LogP contribution in [-0.4, -0.2) is 61.0 Å². The van der Waals surface area contributed by atoms with Gasteiger partial charge in [0.05, 0.1) is 24.9 Å². The third-order valence-corrected chi connectivity index (χ3v) is 2.81. The summed E-state index contributed by atoms with van der Waals surface area (Å²) in [5.41, 5.74) is 1.10. The Labute approximate surface area is 125 Å². The molecule has 0 aliphatic rings. The van der Waals surface area contributed by atoms with Gasteiger partial charge in [-0.2, -0.15) is 0 Å². The van der Waals surface area contributed by atoms with E-state index >= 15 is 0 Å². The van der Waals surface area contributed by atoms with Gasteiger partial charge in [-0.1, -0.05) is 24.0 Å². The van der Waals surface area contributed by atoms with Crippen molar-refractivity contribution in [2.45, 2.75) is 12.5 Å². The first-order valence-electron chi connectivity index (χ1n) is 6.71. The summed E-state index contributed by atoms with van der Waals surface area (Å²) in [5, 5.41) is 18.4. The van der Waals surface area contributed by atoms with Gasteiger partial charge in [0.15, 0.2) is 0 Å². The highest BCUT2D eigenvalue weighted by molar-refractivity contribution is 5.96. The summed E-state index contributed by atoms with van der Waals surface area (Å²) >= 11 is 0. The van der Waals surface area contributed by atoms with Gasteiger partial charge < -0.3 is 19.8 Å². The first-order chi connectivity index (χ1) is 10.1. The van der Waals surface area contributed by atoms with Crippen LogP contribution in [0.3, 0.4) is 0 Å². The number of rotatable bonds is 6. The molecule has 1 atom stereocenters. The zero-order valence-electron chi connectivity index (χ0n) is 12.4. The molecule has 5 heteroatoms. The molecule has 0 fully saturated rings. The normalized spacial score (nSPS) is 11.4. The van der Waals surface area contributed by atoms with Crippen LogP contribution in [-0.2, 0) is 4.74 Å². The smallest absolute Gasteiger partial charge is 0.254 e. The lowest BCUT2D eigenvalue weighted by Gasteiger charge is -2.21. The van der Waals surface area contributed by atoms with Crippen molar-refractivity contribution in [2.75, 3.05) is 33.9 Å². The van der Waals surface area contributed by atoms with E-state index in [1.165, 1.54) is 12.0 Å². The molecule has 1 aromatic carbocycles. The third kappa shape index (κ3) is 5.56. The summed E-state index contributed by atoms with van der Waals surface area (Å²) in [6, 6.07) is 7.03. The van der Waals surface area contributed by atoms with Gasteiger partial charge in [-0.15, -0.1) is 0 Å². The third-order valence-electron chi connectivity index (χ3n) is 2.81. The van der Waals surface area contributed by atoms with E-state index in [1.54, 1.807) is 31.3 Å². The molecule has 1 unspecified atom stereocenters. The molecule has 0 radical (unpaired) electrons. The molecule has 1 aromatic rings. The van der Waals surface area contributed by atoms with Crippen molar-refractivity contribution in [3.05, 3.63) is 35.4 Å². The van der Waals surface area contributed by atoms with E-state index in [4.69, 9.17) is 9.84 Å². The number of amides is 1. The molecule has 114 valence electrons. The number of benzene rings is 1. The Bertz CT molecular complexity index is 518. The summed E-state index contributed by atoms with van der Waals surface area (Å²) in [4.78, 5) is 13.8. The molecule has 0 aliphatic carbocycles. The Morgan fingerprint density at radius 3 is 2.81 bits per heavy atom. The predicted octanol–water partition coefficient (Wildman–Crippen LogP) is 0.500. The van der Waals surface area contributed by atoms with Crippen LogP contribution in [0.15, 0.2) is 24.3 Å². The van der Waals surface area contributed by atoms with Gasteiger partial charge >= 0.3 is 0 Å². The number of carbonyl (C=O) groups is 1. The zero-order chi connectivity index (χ0) is 15.7. The molecule has 1 rings (SSSR count). The van der Waals surface area contributed by atoms with Gasteiger partial charge in [0.1, 0.15) is 0 Å². The fraction of sp³-hybridized carbons (Fsp3) is 0.438. The van der Waals surface area contributed by atoms with E-state index in [9.17, 15) is 9.90 Å². The predicted molar refractivity (Wildman–Crippen MR) is 79.9 cm³/mol. The van der Waals surface area contributed by atoms with Crippen molar-refractivity contribution in [1.29, 1.82) is 0 Å². The van der Waals surface area contributed by atoms with Crippen LogP contribution in [0, 0.1) is 11.8 Å². The number of aliphatic hydroxyl groups excluding tert-OH is 2. The van der Waals surface area contributed by atoms with Crippen LogP contribution in [0.4, 0.5) is 0 Å². The lowest BCUT2D eigenvalue weighted by molar-refractivity contribution is 0.0380. The molecule has 0 bridgehead atoms. The van der Waals surface area contributed by atoms with Crippen LogP contribution in [0.1, 0.15) is 22.3 Å². The minimum absolute atomic E-state index is 0.00771. The van der Waals surface area contributed by atoms with Gasteiger partial charge in [0.2, 0.25) is 0 Å². The SMILES string of the molecule is COCC(O)CN(C)C(=O)c1ccccc1C#CCCO. The minimum Gasteiger partial charge on any atom is -0.395 e. The number of aliphatic hydroxyl groups is 2. The summed E-state index contributed by atoms with van der Waals surface area (Å²) in [6.07, 6.45) is -0.359. The van der Waals surface area contributed by atoms with Crippen molar-refractivity contribution in [3.63, 3.8) is 0 Å². The first-order valence-corrected chi connectivity index (χ1v) is 6.71. The fourth-order valence-corrected chi connectivity index (χ4v) is 1.84. The highest BCUT2D eigenvalue weighted by Crippen LogP contribution is 2.10. The second kappa shape index (κ2) is 9.14. The van der Waals surface area contributed by atoms with Crippen LogP contribution < -0.4 is 0 Å². The van der Waals surface area contributed by atoms with Crippen LogP contribution >= 0.6 is 0 Å². The van der Waals surface area contributed by atoms with E-state index in [0.717, 1.165) is 0 Å². The fourth-order valence-electron chi connectivity index (χ4n) is 1.84. The van der Waals surface area contributed by atoms with Gasteiger partial charge in [0.25, 0.3) is 5.91 Å². The molecule has 21 heavy (non-hydrogen) atoms. The van der Waals surface area contributed by atoms with Crippen molar-refractivity contribution >= 4 is 5.91 Å². The number of ether oxygens (including phenoxy) is 1. The largest absolute Gasteiger partial charge is 0.395 e. The van der Waals surface area contributed by atoms with Crippen molar-refractivity contribution in [1.82, 2.24) is 4.90 Å². The molecule has 0 spiro atoms. The van der Waals surface area contributed by atoms with Gasteiger partial charge in [-0.05, 0) is 12.1 Å². The Morgan fingerprint density at radius 2 is 2.14 bits per heavy atom. The van der Waals surface area contributed by atoms with Crippen LogP contribution in [0.2, 0.25) is 0 Å². The second-order valence-corrected chi connectivity index (χ2v) is 4.62. The van der Waals surface area contributed by atoms with E-state index in [1.807, 2.05) is 0 Å². The molecule has 0 heterocycles. The molecule has 0 aromatic heterocycles. The summed E-state index contributed by atoms with van der Waals surface area (Å²) in [7, 11) is 3.12. The quantitative estimate of drug-likeness (QED) is 0.749. The number of likely N-dealkylation sites (N-methyl/N-ethyl adjacent to an activating group) is 1. The molecule has 0 aliphatic heterocycles.